The molecule has 1 aromatic rings. The zero-order valence-electron chi connectivity index (χ0n) is 7.32. The van der Waals surface area contributed by atoms with E-state index >= 15 is 0 Å². The summed E-state index contributed by atoms with van der Waals surface area (Å²) in [6, 6.07) is 1.86. The molecule has 0 unspecified atom stereocenters. The average molecular weight is 166 g/mol. The molecule has 1 aromatic heterocycles. The van der Waals surface area contributed by atoms with Gasteiger partial charge in [-0.25, -0.2) is 9.97 Å². The molecule has 0 saturated carbocycles. The monoisotopic (exact) mass is 166 g/mol. The number of unbranched alkanes of at least 4 members (excludes halogenated alkanes) is 1. The molecular formula is C9H14N2O. The van der Waals surface area contributed by atoms with Crippen LogP contribution >= 0.6 is 0 Å². The van der Waals surface area contributed by atoms with Crippen molar-refractivity contribution in [1.82, 2.24) is 9.97 Å². The van der Waals surface area contributed by atoms with Gasteiger partial charge < -0.3 is 5.11 Å². The van der Waals surface area contributed by atoms with Crippen molar-refractivity contribution < 1.29 is 5.11 Å². The van der Waals surface area contributed by atoms with Gasteiger partial charge in [0.2, 0.25) is 0 Å². The van der Waals surface area contributed by atoms with E-state index in [4.69, 9.17) is 5.11 Å². The molecule has 0 radical (unpaired) electrons. The van der Waals surface area contributed by atoms with Crippen molar-refractivity contribution in [3.8, 4) is 0 Å². The van der Waals surface area contributed by atoms with Gasteiger partial charge in [-0.2, -0.15) is 0 Å². The summed E-state index contributed by atoms with van der Waals surface area (Å²) in [4.78, 5) is 8.01. The Kier molecular flexibility index (Phi) is 3.67. The molecule has 0 fully saturated rings. The van der Waals surface area contributed by atoms with E-state index in [-0.39, 0.29) is 6.61 Å². The van der Waals surface area contributed by atoms with Crippen molar-refractivity contribution in [2.24, 2.45) is 0 Å². The highest BCUT2D eigenvalue weighted by molar-refractivity contribution is 5.07. The molecule has 0 amide bonds. The van der Waals surface area contributed by atoms with E-state index in [2.05, 4.69) is 16.9 Å². The lowest BCUT2D eigenvalue weighted by atomic mass is 10.2. The van der Waals surface area contributed by atoms with E-state index < -0.39 is 0 Å². The van der Waals surface area contributed by atoms with Crippen LogP contribution in [0, 0.1) is 0 Å². The van der Waals surface area contributed by atoms with Gasteiger partial charge in [-0.3, -0.25) is 0 Å². The fraction of sp³-hybridized carbons (Fsp3) is 0.556. The van der Waals surface area contributed by atoms with E-state index in [0.29, 0.717) is 5.69 Å². The lowest BCUT2D eigenvalue weighted by molar-refractivity contribution is 0.276. The van der Waals surface area contributed by atoms with E-state index in [1.807, 2.05) is 6.07 Å². The second-order valence-corrected chi connectivity index (χ2v) is 2.76. The van der Waals surface area contributed by atoms with Crippen LogP contribution in [0.15, 0.2) is 12.4 Å². The normalized spacial score (nSPS) is 10.2. The van der Waals surface area contributed by atoms with Crippen molar-refractivity contribution >= 4 is 0 Å². The molecule has 3 heteroatoms. The predicted molar refractivity (Wildman–Crippen MR) is 46.6 cm³/mol. The maximum Gasteiger partial charge on any atom is 0.116 e. The van der Waals surface area contributed by atoms with Gasteiger partial charge in [-0.15, -0.1) is 0 Å². The van der Waals surface area contributed by atoms with Crippen molar-refractivity contribution in [3.05, 3.63) is 23.8 Å². The van der Waals surface area contributed by atoms with Crippen molar-refractivity contribution in [1.29, 1.82) is 0 Å². The number of hydrogen-bond acceptors (Lipinski definition) is 3. The fourth-order valence-corrected chi connectivity index (χ4v) is 1.03. The van der Waals surface area contributed by atoms with Gasteiger partial charge >= 0.3 is 0 Å². The number of aliphatic hydroxyl groups is 1. The summed E-state index contributed by atoms with van der Waals surface area (Å²) in [5.41, 5.74) is 1.73. The molecule has 0 atom stereocenters. The maximum atomic E-state index is 8.80. The molecule has 3 nitrogen and oxygen atoms in total. The fourth-order valence-electron chi connectivity index (χ4n) is 1.03. The van der Waals surface area contributed by atoms with Gasteiger partial charge in [0.05, 0.1) is 12.3 Å². The highest BCUT2D eigenvalue weighted by Gasteiger charge is 1.96. The zero-order valence-corrected chi connectivity index (χ0v) is 7.32. The summed E-state index contributed by atoms with van der Waals surface area (Å²) < 4.78 is 0. The van der Waals surface area contributed by atoms with Crippen LogP contribution in [-0.2, 0) is 13.0 Å². The second-order valence-electron chi connectivity index (χ2n) is 2.76. The Morgan fingerprint density at radius 3 is 2.75 bits per heavy atom. The Balaban J connectivity index is 2.60. The van der Waals surface area contributed by atoms with E-state index in [9.17, 15) is 0 Å². The van der Waals surface area contributed by atoms with Crippen molar-refractivity contribution in [2.45, 2.75) is 32.8 Å². The number of aliphatic hydroxyl groups excluding tert-OH is 1. The molecule has 1 N–H and O–H groups in total. The van der Waals surface area contributed by atoms with Crippen LogP contribution in [0.5, 0.6) is 0 Å². The number of aromatic nitrogens is 2. The van der Waals surface area contributed by atoms with Crippen LogP contribution in [-0.4, -0.2) is 15.1 Å². The minimum Gasteiger partial charge on any atom is -0.390 e. The van der Waals surface area contributed by atoms with E-state index in [0.717, 1.165) is 18.5 Å². The molecule has 0 bridgehead atoms. The lowest BCUT2D eigenvalue weighted by Gasteiger charge is -1.99. The minimum atomic E-state index is 0.00163. The first-order chi connectivity index (χ1) is 5.86. The molecular weight excluding hydrogens is 152 g/mol. The standard InChI is InChI=1S/C9H14N2O/c1-2-3-4-8-5-9(6-12)11-7-10-8/h5,7,12H,2-4,6H2,1H3. The first kappa shape index (κ1) is 9.13. The van der Waals surface area contributed by atoms with Crippen molar-refractivity contribution in [3.63, 3.8) is 0 Å². The predicted octanol–water partition coefficient (Wildman–Crippen LogP) is 1.31. The van der Waals surface area contributed by atoms with E-state index in [1.165, 1.54) is 12.7 Å². The molecule has 1 rings (SSSR count). The Labute approximate surface area is 72.5 Å². The van der Waals surface area contributed by atoms with Crippen LogP contribution in [0.1, 0.15) is 31.2 Å². The number of rotatable bonds is 4. The van der Waals surface area contributed by atoms with Crippen LogP contribution in [0.4, 0.5) is 0 Å². The molecule has 0 saturated heterocycles. The smallest absolute Gasteiger partial charge is 0.116 e. The number of aryl methyl sites for hydroxylation is 1. The van der Waals surface area contributed by atoms with Crippen LogP contribution in [0.3, 0.4) is 0 Å². The molecule has 0 aromatic carbocycles. The summed E-state index contributed by atoms with van der Waals surface area (Å²) in [7, 11) is 0. The van der Waals surface area contributed by atoms with Gasteiger partial charge in [0, 0.05) is 5.69 Å². The number of nitrogens with zero attached hydrogens (tertiary/aromatic N) is 2. The first-order valence-corrected chi connectivity index (χ1v) is 4.27. The summed E-state index contributed by atoms with van der Waals surface area (Å²) in [6.45, 7) is 2.15. The number of hydrogen-bond donors (Lipinski definition) is 1. The SMILES string of the molecule is CCCCc1cc(CO)ncn1. The lowest BCUT2D eigenvalue weighted by Crippen LogP contribution is -1.95. The Morgan fingerprint density at radius 1 is 1.33 bits per heavy atom. The molecule has 12 heavy (non-hydrogen) atoms. The quantitative estimate of drug-likeness (QED) is 0.733. The highest BCUT2D eigenvalue weighted by Crippen LogP contribution is 2.02. The molecule has 0 aliphatic carbocycles. The Bertz CT molecular complexity index is 238. The summed E-state index contributed by atoms with van der Waals surface area (Å²) in [5, 5.41) is 8.80. The van der Waals surface area contributed by atoms with E-state index in [1.54, 1.807) is 0 Å². The van der Waals surface area contributed by atoms with Crippen LogP contribution < -0.4 is 0 Å². The molecule has 0 aliphatic rings. The van der Waals surface area contributed by atoms with Gasteiger partial charge in [0.15, 0.2) is 0 Å². The largest absolute Gasteiger partial charge is 0.390 e. The zero-order chi connectivity index (χ0) is 8.81. The summed E-state index contributed by atoms with van der Waals surface area (Å²) >= 11 is 0. The second kappa shape index (κ2) is 4.83. The third-order valence-electron chi connectivity index (χ3n) is 1.73. The molecule has 66 valence electrons. The molecule has 0 spiro atoms. The minimum absolute atomic E-state index is 0.00163. The molecule has 0 aliphatic heterocycles. The first-order valence-electron chi connectivity index (χ1n) is 4.27. The Hall–Kier alpha value is -0.960. The van der Waals surface area contributed by atoms with Gasteiger partial charge in [-0.05, 0) is 18.9 Å². The summed E-state index contributed by atoms with van der Waals surface area (Å²) in [6.07, 6.45) is 4.79. The van der Waals surface area contributed by atoms with Gasteiger partial charge in [-0.1, -0.05) is 13.3 Å². The third-order valence-corrected chi connectivity index (χ3v) is 1.73. The highest BCUT2D eigenvalue weighted by atomic mass is 16.3. The summed E-state index contributed by atoms with van der Waals surface area (Å²) in [5.74, 6) is 0. The third kappa shape index (κ3) is 2.58. The van der Waals surface area contributed by atoms with Crippen LogP contribution in [0.25, 0.3) is 0 Å². The van der Waals surface area contributed by atoms with Gasteiger partial charge in [0.1, 0.15) is 6.33 Å². The topological polar surface area (TPSA) is 46.0 Å². The maximum absolute atomic E-state index is 8.80. The van der Waals surface area contributed by atoms with Crippen molar-refractivity contribution in [2.75, 3.05) is 0 Å². The van der Waals surface area contributed by atoms with Gasteiger partial charge in [0.25, 0.3) is 0 Å². The average Bonchev–Trinajstić information content (AvgIpc) is 2.15. The van der Waals surface area contributed by atoms with Crippen LogP contribution in [0.2, 0.25) is 0 Å². The molecule has 1 heterocycles. The Morgan fingerprint density at radius 2 is 2.08 bits per heavy atom.